The van der Waals surface area contributed by atoms with Gasteiger partial charge in [0.15, 0.2) is 5.69 Å². The SMILES string of the molecule is CCC(C)c1nc(C(F)(F)F)c2cnc(NC3CCN(S(C)(=O)=O)CC3F)nn12. The van der Waals surface area contributed by atoms with Crippen LogP contribution in [-0.2, 0) is 16.2 Å². The summed E-state index contributed by atoms with van der Waals surface area (Å²) in [7, 11) is -3.50. The standard InChI is InChI=1S/C16H22F4N6O2S/c1-4-9(2)14-23-13(16(18,19)20)12-7-21-15(24-26(12)14)22-11-5-6-25(8-10(11)17)29(3,27)28/h7,9-11H,4-6,8H2,1-3H3,(H,22,24). The molecule has 0 amide bonds. The van der Waals surface area contributed by atoms with Gasteiger partial charge in [-0.15, -0.1) is 5.10 Å². The van der Waals surface area contributed by atoms with Crippen molar-refractivity contribution in [3.05, 3.63) is 17.7 Å². The zero-order valence-corrected chi connectivity index (χ0v) is 16.9. The van der Waals surface area contributed by atoms with Crippen LogP contribution < -0.4 is 5.32 Å². The molecule has 2 aromatic rings. The van der Waals surface area contributed by atoms with Crippen LogP contribution in [0.1, 0.15) is 44.1 Å². The summed E-state index contributed by atoms with van der Waals surface area (Å²) in [4.78, 5) is 7.63. The second kappa shape index (κ2) is 7.67. The van der Waals surface area contributed by atoms with Gasteiger partial charge in [0.1, 0.15) is 17.5 Å². The van der Waals surface area contributed by atoms with Gasteiger partial charge in [0.25, 0.3) is 0 Å². The third-order valence-corrected chi connectivity index (χ3v) is 6.30. The van der Waals surface area contributed by atoms with Crippen molar-refractivity contribution in [3.8, 4) is 0 Å². The van der Waals surface area contributed by atoms with Gasteiger partial charge in [-0.1, -0.05) is 13.8 Å². The molecular formula is C16H22F4N6O2S. The average molecular weight is 438 g/mol. The van der Waals surface area contributed by atoms with Crippen molar-refractivity contribution in [1.82, 2.24) is 23.9 Å². The lowest BCUT2D eigenvalue weighted by Crippen LogP contribution is -2.49. The van der Waals surface area contributed by atoms with E-state index in [1.54, 1.807) is 6.92 Å². The van der Waals surface area contributed by atoms with E-state index in [0.717, 1.165) is 21.3 Å². The molecule has 0 bridgehead atoms. The predicted octanol–water partition coefficient (Wildman–Crippen LogP) is 2.44. The molecule has 3 rings (SSSR count). The Labute approximate surface area is 165 Å². The quantitative estimate of drug-likeness (QED) is 0.721. The van der Waals surface area contributed by atoms with Crippen molar-refractivity contribution in [1.29, 1.82) is 0 Å². The molecular weight excluding hydrogens is 416 g/mol. The number of nitrogens with one attached hydrogen (secondary N) is 1. The van der Waals surface area contributed by atoms with Crippen molar-refractivity contribution >= 4 is 21.5 Å². The first-order valence-corrected chi connectivity index (χ1v) is 10.9. The molecule has 3 heterocycles. The first-order chi connectivity index (χ1) is 13.4. The maximum absolute atomic E-state index is 14.5. The maximum Gasteiger partial charge on any atom is 0.435 e. The smallest absolute Gasteiger partial charge is 0.347 e. The summed E-state index contributed by atoms with van der Waals surface area (Å²) >= 11 is 0. The molecule has 1 aliphatic rings. The van der Waals surface area contributed by atoms with E-state index in [9.17, 15) is 26.0 Å². The molecule has 0 spiro atoms. The molecule has 0 radical (unpaired) electrons. The van der Waals surface area contributed by atoms with Gasteiger partial charge in [0.05, 0.1) is 18.5 Å². The van der Waals surface area contributed by atoms with Crippen LogP contribution in [0.2, 0.25) is 0 Å². The number of piperidine rings is 1. The highest BCUT2D eigenvalue weighted by Crippen LogP contribution is 2.34. The largest absolute Gasteiger partial charge is 0.435 e. The average Bonchev–Trinajstić information content (AvgIpc) is 3.01. The highest BCUT2D eigenvalue weighted by molar-refractivity contribution is 7.88. The zero-order valence-electron chi connectivity index (χ0n) is 16.1. The lowest BCUT2D eigenvalue weighted by atomic mass is 10.1. The number of hydrogen-bond donors (Lipinski definition) is 1. The highest BCUT2D eigenvalue weighted by Gasteiger charge is 2.38. The van der Waals surface area contributed by atoms with Crippen LogP contribution in [0.4, 0.5) is 23.5 Å². The van der Waals surface area contributed by atoms with Gasteiger partial charge in [-0.05, 0) is 12.8 Å². The monoisotopic (exact) mass is 438 g/mol. The molecule has 0 aliphatic carbocycles. The minimum atomic E-state index is -4.65. The van der Waals surface area contributed by atoms with Gasteiger partial charge in [-0.3, -0.25) is 0 Å². The minimum absolute atomic E-state index is 0.0476. The van der Waals surface area contributed by atoms with Crippen LogP contribution in [0.15, 0.2) is 6.20 Å². The van der Waals surface area contributed by atoms with E-state index < -0.39 is 34.1 Å². The van der Waals surface area contributed by atoms with Crippen molar-refractivity contribution in [2.45, 2.75) is 51.0 Å². The van der Waals surface area contributed by atoms with E-state index >= 15 is 0 Å². The summed E-state index contributed by atoms with van der Waals surface area (Å²) in [6.07, 6.45) is -3.42. The van der Waals surface area contributed by atoms with Crippen molar-refractivity contribution < 1.29 is 26.0 Å². The van der Waals surface area contributed by atoms with E-state index in [1.807, 2.05) is 6.92 Å². The number of fused-ring (bicyclic) bond motifs is 1. The molecule has 2 aromatic heterocycles. The number of aromatic nitrogens is 4. The minimum Gasteiger partial charge on any atom is -0.347 e. The number of nitrogens with zero attached hydrogens (tertiary/aromatic N) is 5. The van der Waals surface area contributed by atoms with E-state index in [1.165, 1.54) is 0 Å². The fourth-order valence-electron chi connectivity index (χ4n) is 3.19. The fraction of sp³-hybridized carbons (Fsp3) is 0.688. The first kappa shape index (κ1) is 21.7. The predicted molar refractivity (Wildman–Crippen MR) is 97.8 cm³/mol. The molecule has 1 N–H and O–H groups in total. The van der Waals surface area contributed by atoms with E-state index in [0.29, 0.717) is 6.42 Å². The molecule has 1 fully saturated rings. The maximum atomic E-state index is 14.5. The molecule has 1 saturated heterocycles. The van der Waals surface area contributed by atoms with Crippen molar-refractivity contribution in [2.24, 2.45) is 0 Å². The van der Waals surface area contributed by atoms with Crippen molar-refractivity contribution in [3.63, 3.8) is 0 Å². The van der Waals surface area contributed by atoms with Crippen LogP contribution in [-0.4, -0.2) is 63.9 Å². The van der Waals surface area contributed by atoms with E-state index in [4.69, 9.17) is 0 Å². The van der Waals surface area contributed by atoms with Gasteiger partial charge in [-0.25, -0.2) is 27.3 Å². The second-order valence-electron chi connectivity index (χ2n) is 7.18. The number of anilines is 1. The molecule has 1 aliphatic heterocycles. The molecule has 0 saturated carbocycles. The zero-order chi connectivity index (χ0) is 21.6. The third-order valence-electron chi connectivity index (χ3n) is 5.03. The van der Waals surface area contributed by atoms with Crippen LogP contribution in [0.3, 0.4) is 0 Å². The summed E-state index contributed by atoms with van der Waals surface area (Å²) in [6.45, 7) is 3.38. The number of imidazole rings is 1. The summed E-state index contributed by atoms with van der Waals surface area (Å²) in [5.41, 5.74) is -1.34. The number of hydrogen-bond acceptors (Lipinski definition) is 6. The third kappa shape index (κ3) is 4.44. The Morgan fingerprint density at radius 2 is 2.07 bits per heavy atom. The van der Waals surface area contributed by atoms with Gasteiger partial charge in [0.2, 0.25) is 16.0 Å². The topological polar surface area (TPSA) is 92.5 Å². The Kier molecular flexibility index (Phi) is 5.73. The van der Waals surface area contributed by atoms with E-state index in [2.05, 4.69) is 20.4 Å². The van der Waals surface area contributed by atoms with Gasteiger partial charge >= 0.3 is 6.18 Å². The Bertz CT molecular complexity index is 993. The van der Waals surface area contributed by atoms with Gasteiger partial charge in [-0.2, -0.15) is 17.5 Å². The lowest BCUT2D eigenvalue weighted by molar-refractivity contribution is -0.139. The van der Waals surface area contributed by atoms with Crippen LogP contribution in [0.25, 0.3) is 5.52 Å². The van der Waals surface area contributed by atoms with Gasteiger partial charge < -0.3 is 5.32 Å². The Balaban J connectivity index is 1.90. The molecule has 162 valence electrons. The molecule has 8 nitrogen and oxygen atoms in total. The summed E-state index contributed by atoms with van der Waals surface area (Å²) in [6, 6.07) is -0.761. The molecule has 3 unspecified atom stereocenters. The van der Waals surface area contributed by atoms with Gasteiger partial charge in [0, 0.05) is 19.0 Å². The Morgan fingerprint density at radius 3 is 2.62 bits per heavy atom. The molecule has 3 atom stereocenters. The van der Waals surface area contributed by atoms with Crippen LogP contribution >= 0.6 is 0 Å². The normalized spacial score (nSPS) is 22.7. The van der Waals surface area contributed by atoms with Crippen LogP contribution in [0, 0.1) is 0 Å². The highest BCUT2D eigenvalue weighted by atomic mass is 32.2. The summed E-state index contributed by atoms with van der Waals surface area (Å²) < 4.78 is 79.6. The first-order valence-electron chi connectivity index (χ1n) is 9.10. The Morgan fingerprint density at radius 1 is 1.38 bits per heavy atom. The van der Waals surface area contributed by atoms with Crippen LogP contribution in [0.5, 0.6) is 0 Å². The molecule has 29 heavy (non-hydrogen) atoms. The number of halogens is 4. The number of alkyl halides is 4. The number of rotatable bonds is 5. The van der Waals surface area contributed by atoms with E-state index in [-0.39, 0.29) is 42.7 Å². The molecule has 0 aromatic carbocycles. The summed E-state index contributed by atoms with van der Waals surface area (Å²) in [5, 5.41) is 6.89. The summed E-state index contributed by atoms with van der Waals surface area (Å²) in [5.74, 6) is -0.189. The fourth-order valence-corrected chi connectivity index (χ4v) is 4.04. The second-order valence-corrected chi connectivity index (χ2v) is 9.16. The molecule has 13 heteroatoms. The Hall–Kier alpha value is -2.02. The van der Waals surface area contributed by atoms with Crippen molar-refractivity contribution in [2.75, 3.05) is 24.7 Å². The number of sulfonamides is 1. The lowest BCUT2D eigenvalue weighted by Gasteiger charge is -2.33.